The van der Waals surface area contributed by atoms with Gasteiger partial charge in [-0.15, -0.1) is 0 Å². The number of rotatable bonds is 3. The zero-order valence-electron chi connectivity index (χ0n) is 13.6. The number of hydrogen-bond acceptors (Lipinski definition) is 3. The van der Waals surface area contributed by atoms with Crippen LogP contribution in [0.1, 0.15) is 29.7 Å². The van der Waals surface area contributed by atoms with Crippen molar-refractivity contribution in [3.05, 3.63) is 59.2 Å². The molecule has 3 rings (SSSR count). The maximum atomic E-state index is 12.4. The van der Waals surface area contributed by atoms with E-state index >= 15 is 0 Å². The summed E-state index contributed by atoms with van der Waals surface area (Å²) in [6.07, 6.45) is -0.626. The van der Waals surface area contributed by atoms with E-state index in [9.17, 15) is 4.79 Å². The summed E-state index contributed by atoms with van der Waals surface area (Å²) in [6.45, 7) is 6.34. The van der Waals surface area contributed by atoms with E-state index < -0.39 is 6.10 Å². The Balaban J connectivity index is 1.66. The highest BCUT2D eigenvalue weighted by molar-refractivity contribution is 5.82. The molecule has 1 aliphatic heterocycles. The largest absolute Gasteiger partial charge is 0.485 e. The first-order valence-corrected chi connectivity index (χ1v) is 7.80. The summed E-state index contributed by atoms with van der Waals surface area (Å²) in [5.41, 5.74) is 3.54. The second kappa shape index (κ2) is 6.32. The molecule has 4 heteroatoms. The second-order valence-corrected chi connectivity index (χ2v) is 5.94. The first-order valence-electron chi connectivity index (χ1n) is 7.80. The molecule has 120 valence electrons. The van der Waals surface area contributed by atoms with Gasteiger partial charge in [0.15, 0.2) is 11.5 Å². The number of ether oxygens (including phenoxy) is 2. The molecule has 1 N–H and O–H groups in total. The van der Waals surface area contributed by atoms with E-state index in [1.165, 1.54) is 11.1 Å². The normalized spacial score (nSPS) is 17.4. The zero-order valence-corrected chi connectivity index (χ0v) is 13.6. The quantitative estimate of drug-likeness (QED) is 0.946. The van der Waals surface area contributed by atoms with Crippen LogP contribution in [0.15, 0.2) is 42.5 Å². The second-order valence-electron chi connectivity index (χ2n) is 5.94. The Morgan fingerprint density at radius 1 is 1.13 bits per heavy atom. The molecular formula is C19H21NO3. The molecule has 0 aromatic heterocycles. The van der Waals surface area contributed by atoms with Gasteiger partial charge in [-0.25, -0.2) is 0 Å². The maximum Gasteiger partial charge on any atom is 0.265 e. The molecule has 0 bridgehead atoms. The Morgan fingerprint density at radius 3 is 2.61 bits per heavy atom. The van der Waals surface area contributed by atoms with Crippen molar-refractivity contribution in [3.63, 3.8) is 0 Å². The van der Waals surface area contributed by atoms with Gasteiger partial charge in [0.25, 0.3) is 5.91 Å². The van der Waals surface area contributed by atoms with Crippen LogP contribution in [0.25, 0.3) is 0 Å². The van der Waals surface area contributed by atoms with Gasteiger partial charge in [0.1, 0.15) is 6.61 Å². The van der Waals surface area contributed by atoms with Crippen LogP contribution in [0.4, 0.5) is 0 Å². The van der Waals surface area contributed by atoms with Crippen LogP contribution < -0.4 is 14.8 Å². The van der Waals surface area contributed by atoms with Crippen LogP contribution in [0.2, 0.25) is 0 Å². The fourth-order valence-electron chi connectivity index (χ4n) is 2.57. The van der Waals surface area contributed by atoms with Crippen molar-refractivity contribution in [1.82, 2.24) is 5.32 Å². The van der Waals surface area contributed by atoms with E-state index in [4.69, 9.17) is 9.47 Å². The molecule has 0 radical (unpaired) electrons. The molecule has 0 saturated heterocycles. The minimum absolute atomic E-state index is 0.0810. The topological polar surface area (TPSA) is 47.6 Å². The maximum absolute atomic E-state index is 12.4. The van der Waals surface area contributed by atoms with Gasteiger partial charge in [-0.3, -0.25) is 4.79 Å². The third-order valence-corrected chi connectivity index (χ3v) is 4.19. The number of carbonyl (C=O) groups excluding carboxylic acids is 1. The number of fused-ring (bicyclic) bond motifs is 1. The van der Waals surface area contributed by atoms with E-state index in [1.807, 2.05) is 37.3 Å². The molecule has 0 spiro atoms. The lowest BCUT2D eigenvalue weighted by atomic mass is 10.0. The van der Waals surface area contributed by atoms with Crippen molar-refractivity contribution in [1.29, 1.82) is 0 Å². The smallest absolute Gasteiger partial charge is 0.265 e. The third-order valence-electron chi connectivity index (χ3n) is 4.19. The van der Waals surface area contributed by atoms with Gasteiger partial charge in [0, 0.05) is 0 Å². The Bertz CT molecular complexity index is 726. The van der Waals surface area contributed by atoms with Crippen LogP contribution in [-0.2, 0) is 4.79 Å². The Labute approximate surface area is 136 Å². The Morgan fingerprint density at radius 2 is 1.87 bits per heavy atom. The van der Waals surface area contributed by atoms with Crippen LogP contribution >= 0.6 is 0 Å². The number of hydrogen-bond donors (Lipinski definition) is 1. The number of para-hydroxylation sites is 2. The SMILES string of the molecule is Cc1ccc([C@@H](C)NC(=O)[C@@H]2COc3ccccc3O2)cc1C. The summed E-state index contributed by atoms with van der Waals surface area (Å²) < 4.78 is 11.3. The van der Waals surface area contributed by atoms with E-state index in [1.54, 1.807) is 0 Å². The van der Waals surface area contributed by atoms with Crippen molar-refractivity contribution in [2.24, 2.45) is 0 Å². The van der Waals surface area contributed by atoms with Gasteiger partial charge in [-0.05, 0) is 49.6 Å². The molecule has 2 aromatic carbocycles. The molecule has 1 aliphatic rings. The lowest BCUT2D eigenvalue weighted by molar-refractivity contribution is -0.131. The molecule has 0 unspecified atom stereocenters. The molecular weight excluding hydrogens is 290 g/mol. The predicted octanol–water partition coefficient (Wildman–Crippen LogP) is 3.32. The van der Waals surface area contributed by atoms with Crippen LogP contribution in [0.3, 0.4) is 0 Å². The summed E-state index contributed by atoms with van der Waals surface area (Å²) in [4.78, 5) is 12.4. The van der Waals surface area contributed by atoms with Crippen molar-refractivity contribution in [2.45, 2.75) is 32.9 Å². The highest BCUT2D eigenvalue weighted by atomic mass is 16.6. The molecule has 2 atom stereocenters. The lowest BCUT2D eigenvalue weighted by Crippen LogP contribution is -2.44. The van der Waals surface area contributed by atoms with E-state index in [-0.39, 0.29) is 18.6 Å². The summed E-state index contributed by atoms with van der Waals surface area (Å²) >= 11 is 0. The third kappa shape index (κ3) is 3.31. The summed E-state index contributed by atoms with van der Waals surface area (Å²) in [7, 11) is 0. The standard InChI is InChI=1S/C19H21NO3/c1-12-8-9-15(10-13(12)2)14(3)20-19(21)18-11-22-16-6-4-5-7-17(16)23-18/h4-10,14,18H,11H2,1-3H3,(H,20,21)/t14-,18+/m1/s1. The predicted molar refractivity (Wildman–Crippen MR) is 88.8 cm³/mol. The Hall–Kier alpha value is -2.49. The van der Waals surface area contributed by atoms with E-state index in [2.05, 4.69) is 31.3 Å². The minimum Gasteiger partial charge on any atom is -0.485 e. The number of aryl methyl sites for hydroxylation is 2. The molecule has 2 aromatic rings. The monoisotopic (exact) mass is 311 g/mol. The highest BCUT2D eigenvalue weighted by Gasteiger charge is 2.28. The Kier molecular flexibility index (Phi) is 4.24. The van der Waals surface area contributed by atoms with Crippen molar-refractivity contribution in [3.8, 4) is 11.5 Å². The first-order chi connectivity index (χ1) is 11.0. The van der Waals surface area contributed by atoms with Gasteiger partial charge in [-0.1, -0.05) is 30.3 Å². The average Bonchev–Trinajstić information content (AvgIpc) is 2.56. The van der Waals surface area contributed by atoms with Crippen molar-refractivity contribution < 1.29 is 14.3 Å². The lowest BCUT2D eigenvalue weighted by Gasteiger charge is -2.27. The number of carbonyl (C=O) groups is 1. The van der Waals surface area contributed by atoms with Crippen LogP contribution in [-0.4, -0.2) is 18.6 Å². The van der Waals surface area contributed by atoms with Crippen LogP contribution in [0.5, 0.6) is 11.5 Å². The van der Waals surface area contributed by atoms with Gasteiger partial charge in [0.2, 0.25) is 6.10 Å². The van der Waals surface area contributed by atoms with Crippen LogP contribution in [0, 0.1) is 13.8 Å². The molecule has 0 fully saturated rings. The summed E-state index contributed by atoms with van der Waals surface area (Å²) in [5.74, 6) is 1.13. The average molecular weight is 311 g/mol. The molecule has 23 heavy (non-hydrogen) atoms. The fraction of sp³-hybridized carbons (Fsp3) is 0.316. The van der Waals surface area contributed by atoms with Gasteiger partial charge in [-0.2, -0.15) is 0 Å². The number of nitrogens with one attached hydrogen (secondary N) is 1. The summed E-state index contributed by atoms with van der Waals surface area (Å²) in [6, 6.07) is 13.5. The highest BCUT2D eigenvalue weighted by Crippen LogP contribution is 2.31. The first kappa shape index (κ1) is 15.4. The van der Waals surface area contributed by atoms with Gasteiger partial charge >= 0.3 is 0 Å². The fourth-order valence-corrected chi connectivity index (χ4v) is 2.57. The van der Waals surface area contributed by atoms with Crippen molar-refractivity contribution >= 4 is 5.91 Å². The minimum atomic E-state index is -0.626. The van der Waals surface area contributed by atoms with Crippen molar-refractivity contribution in [2.75, 3.05) is 6.61 Å². The summed E-state index contributed by atoms with van der Waals surface area (Å²) in [5, 5.41) is 3.00. The number of benzene rings is 2. The van der Waals surface area contributed by atoms with E-state index in [0.29, 0.717) is 11.5 Å². The molecule has 0 saturated carbocycles. The molecule has 1 heterocycles. The van der Waals surface area contributed by atoms with Gasteiger partial charge in [0.05, 0.1) is 6.04 Å². The molecule has 0 aliphatic carbocycles. The zero-order chi connectivity index (χ0) is 16.4. The molecule has 4 nitrogen and oxygen atoms in total. The molecule has 1 amide bonds. The van der Waals surface area contributed by atoms with E-state index in [0.717, 1.165) is 5.56 Å². The number of amides is 1. The van der Waals surface area contributed by atoms with Gasteiger partial charge < -0.3 is 14.8 Å².